The molecule has 0 aliphatic heterocycles. The maximum absolute atomic E-state index is 13.1. The van der Waals surface area contributed by atoms with Crippen LogP contribution in [0.15, 0.2) is 85.3 Å². The van der Waals surface area contributed by atoms with Crippen molar-refractivity contribution >= 4 is 0 Å². The van der Waals surface area contributed by atoms with Crippen LogP contribution in [0.2, 0.25) is 0 Å². The van der Waals surface area contributed by atoms with Gasteiger partial charge in [-0.25, -0.2) is 9.37 Å². The molecule has 0 N–H and O–H groups in total. The Balaban J connectivity index is 1.56. The molecule has 2 aromatic heterocycles. The highest BCUT2D eigenvalue weighted by Crippen LogP contribution is 2.37. The van der Waals surface area contributed by atoms with E-state index in [1.165, 1.54) is 30.3 Å². The van der Waals surface area contributed by atoms with Crippen LogP contribution in [0, 0.1) is 5.82 Å². The molecule has 0 fully saturated rings. The summed E-state index contributed by atoms with van der Waals surface area (Å²) in [5.74, 6) is -1.31. The first kappa shape index (κ1) is 26.8. The van der Waals surface area contributed by atoms with Crippen LogP contribution in [0.4, 0.5) is 22.0 Å². The van der Waals surface area contributed by atoms with Crippen LogP contribution in [0.3, 0.4) is 0 Å². The van der Waals surface area contributed by atoms with Crippen molar-refractivity contribution in [2.75, 3.05) is 6.61 Å². The summed E-state index contributed by atoms with van der Waals surface area (Å²) in [7, 11) is 0. The second-order valence-corrected chi connectivity index (χ2v) is 8.23. The van der Waals surface area contributed by atoms with Crippen molar-refractivity contribution in [3.8, 4) is 17.4 Å². The van der Waals surface area contributed by atoms with Crippen LogP contribution in [0.1, 0.15) is 28.2 Å². The Bertz CT molecular complexity index is 1290. The highest BCUT2D eigenvalue weighted by molar-refractivity contribution is 5.47. The standard InChI is InChI=1S/C28H23F5N2O3/c29-22-5-1-18(2-6-22)11-14-36-26-8-4-21(17-35-26)23(15-19-9-12-34-13-10-19)20-3-7-24(37-27(30)31)25(16-20)38-28(32)33/h1-10,12-13,16-17,23,27-28H,11,14-15H2. The normalized spacial score (nSPS) is 12.0. The van der Waals surface area contributed by atoms with Gasteiger partial charge < -0.3 is 14.2 Å². The van der Waals surface area contributed by atoms with Crippen molar-refractivity contribution in [1.82, 2.24) is 9.97 Å². The summed E-state index contributed by atoms with van der Waals surface area (Å²) in [6.07, 6.45) is 5.88. The summed E-state index contributed by atoms with van der Waals surface area (Å²) >= 11 is 0. The molecule has 0 aliphatic carbocycles. The lowest BCUT2D eigenvalue weighted by atomic mass is 9.87. The van der Waals surface area contributed by atoms with Crippen molar-refractivity contribution in [3.63, 3.8) is 0 Å². The first-order valence-corrected chi connectivity index (χ1v) is 11.6. The maximum Gasteiger partial charge on any atom is 0.387 e. The molecule has 38 heavy (non-hydrogen) atoms. The predicted octanol–water partition coefficient (Wildman–Crippen LogP) is 6.81. The molecule has 4 rings (SSSR count). The Kier molecular flexibility index (Phi) is 9.07. The van der Waals surface area contributed by atoms with Gasteiger partial charge in [0, 0.05) is 37.0 Å². The second kappa shape index (κ2) is 12.8. The molecule has 2 heterocycles. The van der Waals surface area contributed by atoms with E-state index in [0.717, 1.165) is 16.7 Å². The summed E-state index contributed by atoms with van der Waals surface area (Å²) in [6.45, 7) is -6.09. The summed E-state index contributed by atoms with van der Waals surface area (Å²) < 4.78 is 79.2. The van der Waals surface area contributed by atoms with Crippen molar-refractivity contribution in [3.05, 3.63) is 113 Å². The number of benzene rings is 2. The molecule has 198 valence electrons. The molecule has 0 aliphatic rings. The monoisotopic (exact) mass is 530 g/mol. The highest BCUT2D eigenvalue weighted by atomic mass is 19.3. The van der Waals surface area contributed by atoms with E-state index in [-0.39, 0.29) is 5.82 Å². The van der Waals surface area contributed by atoms with Gasteiger partial charge in [0.2, 0.25) is 5.88 Å². The van der Waals surface area contributed by atoms with E-state index in [2.05, 4.69) is 19.4 Å². The predicted molar refractivity (Wildman–Crippen MR) is 129 cm³/mol. The van der Waals surface area contributed by atoms with Crippen molar-refractivity contribution in [1.29, 1.82) is 0 Å². The molecule has 10 heteroatoms. The lowest BCUT2D eigenvalue weighted by Crippen LogP contribution is -2.10. The number of nitrogens with zero attached hydrogens (tertiary/aromatic N) is 2. The number of hydrogen-bond donors (Lipinski definition) is 0. The fourth-order valence-corrected chi connectivity index (χ4v) is 3.91. The molecule has 0 amide bonds. The van der Waals surface area contributed by atoms with Crippen LogP contribution >= 0.6 is 0 Å². The first-order valence-electron chi connectivity index (χ1n) is 11.6. The largest absolute Gasteiger partial charge is 0.477 e. The van der Waals surface area contributed by atoms with E-state index in [9.17, 15) is 22.0 Å². The SMILES string of the molecule is Fc1ccc(CCOc2ccc(C(Cc3ccncc3)c3ccc(OC(F)F)c(OC(F)F)c3)cn2)cc1. The first-order chi connectivity index (χ1) is 18.4. The van der Waals surface area contributed by atoms with E-state index >= 15 is 0 Å². The van der Waals surface area contributed by atoms with Crippen molar-refractivity contribution in [2.24, 2.45) is 0 Å². The van der Waals surface area contributed by atoms with E-state index in [1.54, 1.807) is 42.9 Å². The molecule has 4 aromatic rings. The van der Waals surface area contributed by atoms with E-state index in [1.807, 2.05) is 12.1 Å². The number of ether oxygens (including phenoxy) is 3. The molecule has 0 radical (unpaired) electrons. The minimum absolute atomic E-state index is 0.308. The van der Waals surface area contributed by atoms with Gasteiger partial charge in [-0.2, -0.15) is 17.6 Å². The van der Waals surface area contributed by atoms with Gasteiger partial charge in [0.15, 0.2) is 11.5 Å². The average molecular weight is 530 g/mol. The Labute approximate surface area is 215 Å². The quantitative estimate of drug-likeness (QED) is 0.188. The van der Waals surface area contributed by atoms with Crippen LogP contribution in [-0.4, -0.2) is 29.8 Å². The fourth-order valence-electron chi connectivity index (χ4n) is 3.91. The van der Waals surface area contributed by atoms with Gasteiger partial charge in [-0.3, -0.25) is 4.98 Å². The maximum atomic E-state index is 13.1. The number of rotatable bonds is 12. The number of alkyl halides is 4. The molecule has 0 spiro atoms. The highest BCUT2D eigenvalue weighted by Gasteiger charge is 2.21. The zero-order valence-corrected chi connectivity index (χ0v) is 19.9. The third-order valence-electron chi connectivity index (χ3n) is 5.71. The third kappa shape index (κ3) is 7.64. The van der Waals surface area contributed by atoms with Crippen LogP contribution in [0.5, 0.6) is 17.4 Å². The molecular weight excluding hydrogens is 507 g/mol. The Morgan fingerprint density at radius 3 is 2.05 bits per heavy atom. The van der Waals surface area contributed by atoms with Gasteiger partial charge in [0.25, 0.3) is 0 Å². The molecule has 1 unspecified atom stereocenters. The minimum Gasteiger partial charge on any atom is -0.477 e. The smallest absolute Gasteiger partial charge is 0.387 e. The molecule has 1 atom stereocenters. The number of pyridine rings is 2. The third-order valence-corrected chi connectivity index (χ3v) is 5.71. The lowest BCUT2D eigenvalue weighted by molar-refractivity contribution is -0.0692. The van der Waals surface area contributed by atoms with E-state index < -0.39 is 30.6 Å². The molecule has 2 aromatic carbocycles. The van der Waals surface area contributed by atoms with Gasteiger partial charge >= 0.3 is 13.2 Å². The van der Waals surface area contributed by atoms with Crippen LogP contribution < -0.4 is 14.2 Å². The summed E-state index contributed by atoms with van der Waals surface area (Å²) in [5, 5.41) is 0. The lowest BCUT2D eigenvalue weighted by Gasteiger charge is -2.20. The summed E-state index contributed by atoms with van der Waals surface area (Å²) in [6, 6.07) is 17.2. The Morgan fingerprint density at radius 1 is 0.711 bits per heavy atom. The van der Waals surface area contributed by atoms with E-state index in [4.69, 9.17) is 4.74 Å². The Hall–Kier alpha value is -4.21. The topological polar surface area (TPSA) is 53.5 Å². The number of hydrogen-bond acceptors (Lipinski definition) is 5. The minimum atomic E-state index is -3.23. The zero-order chi connectivity index (χ0) is 26.9. The molecule has 0 saturated heterocycles. The fraction of sp³-hybridized carbons (Fsp3) is 0.214. The zero-order valence-electron chi connectivity index (χ0n) is 19.9. The Morgan fingerprint density at radius 2 is 1.39 bits per heavy atom. The number of halogens is 5. The van der Waals surface area contributed by atoms with Gasteiger partial charge in [-0.15, -0.1) is 0 Å². The molecule has 0 bridgehead atoms. The molecule has 0 saturated carbocycles. The molecular formula is C28H23F5N2O3. The summed E-state index contributed by atoms with van der Waals surface area (Å²) in [4.78, 5) is 8.38. The summed E-state index contributed by atoms with van der Waals surface area (Å²) in [5.41, 5.74) is 3.10. The van der Waals surface area contributed by atoms with E-state index in [0.29, 0.717) is 30.9 Å². The van der Waals surface area contributed by atoms with Gasteiger partial charge in [0.1, 0.15) is 5.82 Å². The number of aromatic nitrogens is 2. The van der Waals surface area contributed by atoms with Gasteiger partial charge in [0.05, 0.1) is 6.61 Å². The van der Waals surface area contributed by atoms with Crippen LogP contribution in [-0.2, 0) is 12.8 Å². The van der Waals surface area contributed by atoms with Crippen LogP contribution in [0.25, 0.3) is 0 Å². The van der Waals surface area contributed by atoms with Crippen molar-refractivity contribution in [2.45, 2.75) is 32.0 Å². The second-order valence-electron chi connectivity index (χ2n) is 8.23. The molecule has 5 nitrogen and oxygen atoms in total. The average Bonchev–Trinajstić information content (AvgIpc) is 2.90. The van der Waals surface area contributed by atoms with Gasteiger partial charge in [-0.05, 0) is 65.1 Å². The van der Waals surface area contributed by atoms with Gasteiger partial charge in [-0.1, -0.05) is 24.3 Å². The van der Waals surface area contributed by atoms with Crippen molar-refractivity contribution < 1.29 is 36.2 Å².